The van der Waals surface area contributed by atoms with Crippen molar-refractivity contribution in [2.45, 2.75) is 17.9 Å². The van der Waals surface area contributed by atoms with Crippen LogP contribution in [0.4, 0.5) is 0 Å². The highest BCUT2D eigenvalue weighted by atomic mass is 35.5. The smallest absolute Gasteiger partial charge is 0.273 e. The monoisotopic (exact) mass is 568 g/mol. The van der Waals surface area contributed by atoms with Gasteiger partial charge in [-0.1, -0.05) is 0 Å². The first-order valence-electron chi connectivity index (χ1n) is 12.0. The first-order chi connectivity index (χ1) is 17.7. The lowest BCUT2D eigenvalue weighted by atomic mass is 10.1. The van der Waals surface area contributed by atoms with Crippen LogP contribution >= 0.6 is 0 Å². The number of piperazine rings is 1. The van der Waals surface area contributed by atoms with Gasteiger partial charge in [0, 0.05) is 20.0 Å². The number of halogens is 1. The Morgan fingerprint density at radius 2 is 1.42 bits per heavy atom. The highest BCUT2D eigenvalue weighted by molar-refractivity contribution is 7.89. The van der Waals surface area contributed by atoms with Crippen LogP contribution in [0.25, 0.3) is 10.8 Å². The van der Waals surface area contributed by atoms with E-state index < -0.39 is 10.0 Å². The van der Waals surface area contributed by atoms with Crippen LogP contribution in [0.5, 0.6) is 17.2 Å². The molecule has 4 rings (SSSR count). The highest BCUT2D eigenvalue weighted by Gasteiger charge is 2.30. The van der Waals surface area contributed by atoms with E-state index in [0.717, 1.165) is 6.54 Å². The van der Waals surface area contributed by atoms with Crippen molar-refractivity contribution >= 4 is 20.8 Å². The Labute approximate surface area is 227 Å². The van der Waals surface area contributed by atoms with Crippen LogP contribution in [0.15, 0.2) is 50.9 Å². The van der Waals surface area contributed by atoms with Gasteiger partial charge in [-0.2, -0.15) is 4.31 Å². The second-order valence-corrected chi connectivity index (χ2v) is 10.9. The van der Waals surface area contributed by atoms with Gasteiger partial charge in [0.2, 0.25) is 10.0 Å². The molecule has 0 bridgehead atoms. The summed E-state index contributed by atoms with van der Waals surface area (Å²) in [6.45, 7) is 3.28. The van der Waals surface area contributed by atoms with Gasteiger partial charge in [0.15, 0.2) is 11.5 Å². The number of benzene rings is 2. The fourth-order valence-electron chi connectivity index (χ4n) is 4.71. The molecule has 0 radical (unpaired) electrons. The van der Waals surface area contributed by atoms with Crippen molar-refractivity contribution in [2.24, 2.45) is 7.05 Å². The number of methoxy groups -OCH3 is 3. The van der Waals surface area contributed by atoms with Crippen molar-refractivity contribution in [1.29, 1.82) is 0 Å². The van der Waals surface area contributed by atoms with Gasteiger partial charge < -0.3 is 31.5 Å². The van der Waals surface area contributed by atoms with Crippen molar-refractivity contribution in [3.8, 4) is 17.2 Å². The highest BCUT2D eigenvalue weighted by Crippen LogP contribution is 2.29. The molecule has 3 aromatic rings. The number of hydrogen-bond donors (Lipinski definition) is 1. The first kappa shape index (κ1) is 29.5. The number of hydrogen-bond acceptors (Lipinski definition) is 7. The molecule has 208 valence electrons. The molecule has 0 saturated carbocycles. The number of aromatic nitrogens is 2. The fourth-order valence-corrected chi connectivity index (χ4v) is 6.15. The maximum Gasteiger partial charge on any atom is 0.273 e. The van der Waals surface area contributed by atoms with E-state index in [1.54, 1.807) is 37.4 Å². The molecule has 0 unspecified atom stereocenters. The SMILES string of the molecule is COc1ccc(S(=O)(=O)N2CC[NH+](CCCn3c(=O)c4cc(OC)c(OC)cc4c(=O)n3C)CC2)cc1.[Cl-]. The molecule has 1 aliphatic heterocycles. The van der Waals surface area contributed by atoms with Gasteiger partial charge in [0.25, 0.3) is 11.1 Å². The zero-order chi connectivity index (χ0) is 26.7. The Kier molecular flexibility index (Phi) is 9.47. The van der Waals surface area contributed by atoms with Crippen LogP contribution in [0, 0.1) is 0 Å². The topological polar surface area (TPSA) is 114 Å². The Hall–Kier alpha value is -3.06. The number of quaternary nitrogens is 1. The van der Waals surface area contributed by atoms with Crippen molar-refractivity contribution in [3.63, 3.8) is 0 Å². The van der Waals surface area contributed by atoms with E-state index in [2.05, 4.69) is 0 Å². The standard InChI is InChI=1S/C25H32N4O7S.ClH/c1-26-24(30)20-16-22(35-3)23(36-4)17-21(20)25(31)29(26)11-5-10-27-12-14-28(15-13-27)37(32,33)19-8-6-18(34-2)7-9-19;/h6-9,16-17H,5,10-15H2,1-4H3;1H. The molecule has 13 heteroatoms. The van der Waals surface area contributed by atoms with Gasteiger partial charge in [-0.05, 0) is 36.4 Å². The average Bonchev–Trinajstić information content (AvgIpc) is 2.93. The lowest BCUT2D eigenvalue weighted by Crippen LogP contribution is -3.14. The third-order valence-electron chi connectivity index (χ3n) is 6.90. The Bertz CT molecular complexity index is 1500. The maximum atomic E-state index is 13.2. The summed E-state index contributed by atoms with van der Waals surface area (Å²) in [4.78, 5) is 27.7. The number of fused-ring (bicyclic) bond motifs is 1. The van der Waals surface area contributed by atoms with Crippen molar-refractivity contribution in [3.05, 3.63) is 57.1 Å². The quantitative estimate of drug-likeness (QED) is 0.288. The second-order valence-electron chi connectivity index (χ2n) is 8.94. The molecule has 1 aromatic heterocycles. The molecule has 1 aliphatic rings. The molecular weight excluding hydrogens is 536 g/mol. The van der Waals surface area contributed by atoms with Gasteiger partial charge in [0.05, 0.1) is 69.7 Å². The van der Waals surface area contributed by atoms with E-state index in [-0.39, 0.29) is 39.2 Å². The van der Waals surface area contributed by atoms with Crippen LogP contribution < -0.4 is 42.6 Å². The number of nitrogens with one attached hydrogen (secondary N) is 1. The Balaban J connectivity index is 0.00000400. The van der Waals surface area contributed by atoms with Crippen LogP contribution in [0.2, 0.25) is 0 Å². The normalized spacial score (nSPS) is 14.7. The van der Waals surface area contributed by atoms with Crippen molar-refractivity contribution in [1.82, 2.24) is 13.7 Å². The van der Waals surface area contributed by atoms with Crippen LogP contribution in [-0.2, 0) is 23.6 Å². The Morgan fingerprint density at radius 3 is 1.95 bits per heavy atom. The second kappa shape index (κ2) is 12.2. The molecule has 38 heavy (non-hydrogen) atoms. The Morgan fingerprint density at radius 1 is 0.868 bits per heavy atom. The third kappa shape index (κ3) is 5.68. The predicted octanol–water partition coefficient (Wildman–Crippen LogP) is -3.29. The fraction of sp³-hybridized carbons (Fsp3) is 0.440. The van der Waals surface area contributed by atoms with E-state index in [1.807, 2.05) is 0 Å². The average molecular weight is 569 g/mol. The lowest BCUT2D eigenvalue weighted by molar-refractivity contribution is -0.904. The maximum absolute atomic E-state index is 13.2. The minimum Gasteiger partial charge on any atom is -1.00 e. The van der Waals surface area contributed by atoms with Crippen LogP contribution in [-0.4, -0.2) is 76.1 Å². The van der Waals surface area contributed by atoms with E-state index in [9.17, 15) is 18.0 Å². The summed E-state index contributed by atoms with van der Waals surface area (Å²) in [6, 6.07) is 9.48. The summed E-state index contributed by atoms with van der Waals surface area (Å²) < 4.78 is 45.9. The number of nitrogens with zero attached hydrogens (tertiary/aromatic N) is 3. The molecule has 1 saturated heterocycles. The molecular formula is C25H33ClN4O7S. The summed E-state index contributed by atoms with van der Waals surface area (Å²) in [7, 11) is 2.52. The van der Waals surface area contributed by atoms with Gasteiger partial charge in [-0.15, -0.1) is 0 Å². The molecule has 1 fully saturated rings. The molecule has 0 aliphatic carbocycles. The summed E-state index contributed by atoms with van der Waals surface area (Å²) in [5.74, 6) is 1.38. The van der Waals surface area contributed by atoms with E-state index in [4.69, 9.17) is 14.2 Å². The molecule has 2 heterocycles. The largest absolute Gasteiger partial charge is 1.00 e. The molecule has 11 nitrogen and oxygen atoms in total. The van der Waals surface area contributed by atoms with Gasteiger partial charge >= 0.3 is 0 Å². The summed E-state index contributed by atoms with van der Waals surface area (Å²) in [5, 5.41) is 0.562. The van der Waals surface area contributed by atoms with Crippen molar-refractivity contribution in [2.75, 3.05) is 54.1 Å². The molecule has 0 amide bonds. The third-order valence-corrected chi connectivity index (χ3v) is 8.81. The molecule has 2 aromatic carbocycles. The van der Waals surface area contributed by atoms with Crippen molar-refractivity contribution < 1.29 is 39.9 Å². The summed E-state index contributed by atoms with van der Waals surface area (Å²) >= 11 is 0. The zero-order valence-electron chi connectivity index (χ0n) is 21.9. The molecule has 0 atom stereocenters. The number of ether oxygens (including phenoxy) is 3. The van der Waals surface area contributed by atoms with Crippen LogP contribution in [0.3, 0.4) is 0 Å². The number of sulfonamides is 1. The predicted molar refractivity (Wildman–Crippen MR) is 138 cm³/mol. The van der Waals surface area contributed by atoms with E-state index in [1.165, 1.54) is 46.0 Å². The zero-order valence-corrected chi connectivity index (χ0v) is 23.5. The van der Waals surface area contributed by atoms with Crippen LogP contribution in [0.1, 0.15) is 6.42 Å². The summed E-state index contributed by atoms with van der Waals surface area (Å²) in [5.41, 5.74) is -0.566. The summed E-state index contributed by atoms with van der Waals surface area (Å²) in [6.07, 6.45) is 0.659. The molecule has 1 N–H and O–H groups in total. The number of rotatable bonds is 9. The molecule has 0 spiro atoms. The van der Waals surface area contributed by atoms with Gasteiger partial charge in [-0.25, -0.2) is 13.1 Å². The lowest BCUT2D eigenvalue weighted by Gasteiger charge is -2.31. The van der Waals surface area contributed by atoms with Gasteiger partial charge in [-0.3, -0.25) is 14.3 Å². The first-order valence-corrected chi connectivity index (χ1v) is 13.5. The van der Waals surface area contributed by atoms with Gasteiger partial charge in [0.1, 0.15) is 5.75 Å². The minimum atomic E-state index is -3.56. The van der Waals surface area contributed by atoms with E-state index >= 15 is 0 Å². The van der Waals surface area contributed by atoms with E-state index in [0.29, 0.717) is 56.4 Å². The minimum absolute atomic E-state index is 0.